The average molecular weight is 136 g/mol. The van der Waals surface area contributed by atoms with Gasteiger partial charge in [-0.15, -0.1) is 6.58 Å². The van der Waals surface area contributed by atoms with E-state index in [1.165, 1.54) is 0 Å². The Labute approximate surface area is 64.0 Å². The molecule has 0 aromatic carbocycles. The first-order valence-corrected chi connectivity index (χ1v) is 3.61. The summed E-state index contributed by atoms with van der Waals surface area (Å²) in [7, 11) is 0. The van der Waals surface area contributed by atoms with E-state index in [4.69, 9.17) is 0 Å². The maximum absolute atomic E-state index is 3.84. The molecule has 1 unspecified atom stereocenters. The molecule has 56 valence electrons. The Bertz CT molecular complexity index is 131. The van der Waals surface area contributed by atoms with Crippen molar-refractivity contribution in [1.29, 1.82) is 0 Å². The van der Waals surface area contributed by atoms with Crippen LogP contribution in [0.15, 0.2) is 37.5 Å². The van der Waals surface area contributed by atoms with E-state index in [0.717, 1.165) is 18.4 Å². The quantitative estimate of drug-likeness (QED) is 0.401. The number of hydrogen-bond acceptors (Lipinski definition) is 0. The average Bonchev–Trinajstić information content (AvgIpc) is 1.88. The van der Waals surface area contributed by atoms with E-state index in [1.807, 2.05) is 12.2 Å². The van der Waals surface area contributed by atoms with Gasteiger partial charge >= 0.3 is 0 Å². The predicted octanol–water partition coefficient (Wildman–Crippen LogP) is 3.33. The Morgan fingerprint density at radius 2 is 2.10 bits per heavy atom. The van der Waals surface area contributed by atoms with E-state index >= 15 is 0 Å². The normalized spacial score (nSPS) is 12.1. The Hall–Kier alpha value is -0.780. The number of allylic oxidation sites excluding steroid dienone is 3. The highest BCUT2D eigenvalue weighted by Gasteiger charge is 1.98. The topological polar surface area (TPSA) is 0 Å². The van der Waals surface area contributed by atoms with Gasteiger partial charge in [0.2, 0.25) is 0 Å². The molecule has 0 aliphatic rings. The van der Waals surface area contributed by atoms with Crippen molar-refractivity contribution in [3.63, 3.8) is 0 Å². The van der Waals surface area contributed by atoms with Gasteiger partial charge < -0.3 is 0 Å². The lowest BCUT2D eigenvalue weighted by molar-refractivity contribution is 0.594. The Morgan fingerprint density at radius 1 is 1.50 bits per heavy atom. The van der Waals surface area contributed by atoms with Crippen LogP contribution in [-0.2, 0) is 0 Å². The molecule has 0 heterocycles. The van der Waals surface area contributed by atoms with E-state index in [1.54, 1.807) is 0 Å². The predicted molar refractivity (Wildman–Crippen MR) is 47.9 cm³/mol. The maximum atomic E-state index is 3.84. The highest BCUT2D eigenvalue weighted by Crippen LogP contribution is 2.13. The zero-order valence-electron chi connectivity index (χ0n) is 6.77. The highest BCUT2D eigenvalue weighted by atomic mass is 14.0. The van der Waals surface area contributed by atoms with Crippen LogP contribution in [0, 0.1) is 5.92 Å². The summed E-state index contributed by atoms with van der Waals surface area (Å²) < 4.78 is 0. The van der Waals surface area contributed by atoms with Crippen molar-refractivity contribution in [1.82, 2.24) is 0 Å². The summed E-state index contributed by atoms with van der Waals surface area (Å²) in [5, 5.41) is 0. The minimum absolute atomic E-state index is 0.656. The molecular formula is C10H16. The van der Waals surface area contributed by atoms with E-state index in [2.05, 4.69) is 26.7 Å². The SMILES string of the molecule is C=CCC(C)CC(=C)C=C. The van der Waals surface area contributed by atoms with Gasteiger partial charge in [0.05, 0.1) is 0 Å². The minimum Gasteiger partial charge on any atom is -0.103 e. The molecule has 0 rings (SSSR count). The van der Waals surface area contributed by atoms with Gasteiger partial charge in [0.15, 0.2) is 0 Å². The van der Waals surface area contributed by atoms with Crippen LogP contribution in [0.2, 0.25) is 0 Å². The zero-order chi connectivity index (χ0) is 7.98. The fraction of sp³-hybridized carbons (Fsp3) is 0.400. The standard InChI is InChI=1S/C10H16/c1-5-7-10(4)8-9(3)6-2/h5-6,10H,1-3,7-8H2,4H3. The molecule has 0 fully saturated rings. The summed E-state index contributed by atoms with van der Waals surface area (Å²) in [5.74, 6) is 0.656. The molecule has 1 atom stereocenters. The van der Waals surface area contributed by atoms with E-state index in [0.29, 0.717) is 5.92 Å². The molecule has 0 aliphatic heterocycles. The zero-order valence-corrected chi connectivity index (χ0v) is 6.77. The third kappa shape index (κ3) is 4.13. The fourth-order valence-corrected chi connectivity index (χ4v) is 0.899. The third-order valence-electron chi connectivity index (χ3n) is 1.47. The Balaban J connectivity index is 3.55. The van der Waals surface area contributed by atoms with Crippen LogP contribution in [0.1, 0.15) is 19.8 Å². The van der Waals surface area contributed by atoms with Gasteiger partial charge in [-0.1, -0.05) is 37.8 Å². The van der Waals surface area contributed by atoms with Gasteiger partial charge in [-0.05, 0) is 18.8 Å². The minimum atomic E-state index is 0.656. The summed E-state index contributed by atoms with van der Waals surface area (Å²) in [6, 6.07) is 0. The van der Waals surface area contributed by atoms with E-state index < -0.39 is 0 Å². The Morgan fingerprint density at radius 3 is 2.50 bits per heavy atom. The first-order chi connectivity index (χ1) is 4.70. The lowest BCUT2D eigenvalue weighted by atomic mass is 9.99. The molecule has 0 spiro atoms. The molecule has 0 aliphatic carbocycles. The summed E-state index contributed by atoms with van der Waals surface area (Å²) in [5.41, 5.74) is 1.12. The van der Waals surface area contributed by atoms with Crippen molar-refractivity contribution in [2.24, 2.45) is 5.92 Å². The largest absolute Gasteiger partial charge is 0.103 e. The van der Waals surface area contributed by atoms with Crippen LogP contribution in [0.25, 0.3) is 0 Å². The third-order valence-corrected chi connectivity index (χ3v) is 1.47. The monoisotopic (exact) mass is 136 g/mol. The van der Waals surface area contributed by atoms with Gasteiger partial charge in [-0.2, -0.15) is 0 Å². The summed E-state index contributed by atoms with van der Waals surface area (Å²) in [4.78, 5) is 0. The molecule has 0 radical (unpaired) electrons. The van der Waals surface area contributed by atoms with Crippen molar-refractivity contribution < 1.29 is 0 Å². The molecule has 0 bridgehead atoms. The second-order valence-corrected chi connectivity index (χ2v) is 2.70. The van der Waals surface area contributed by atoms with E-state index in [-0.39, 0.29) is 0 Å². The smallest absolute Gasteiger partial charge is 0.0256 e. The second-order valence-electron chi connectivity index (χ2n) is 2.70. The number of rotatable bonds is 5. The van der Waals surface area contributed by atoms with Crippen LogP contribution < -0.4 is 0 Å². The van der Waals surface area contributed by atoms with Crippen molar-refractivity contribution in [3.05, 3.63) is 37.5 Å². The van der Waals surface area contributed by atoms with Crippen LogP contribution in [-0.4, -0.2) is 0 Å². The van der Waals surface area contributed by atoms with Gasteiger partial charge in [-0.25, -0.2) is 0 Å². The lowest BCUT2D eigenvalue weighted by Gasteiger charge is -2.06. The van der Waals surface area contributed by atoms with Crippen molar-refractivity contribution >= 4 is 0 Å². The van der Waals surface area contributed by atoms with Gasteiger partial charge in [0, 0.05) is 0 Å². The van der Waals surface area contributed by atoms with Crippen LogP contribution in [0.5, 0.6) is 0 Å². The van der Waals surface area contributed by atoms with Crippen molar-refractivity contribution in [2.45, 2.75) is 19.8 Å². The summed E-state index contributed by atoms with van der Waals surface area (Å²) >= 11 is 0. The van der Waals surface area contributed by atoms with Gasteiger partial charge in [0.1, 0.15) is 0 Å². The lowest BCUT2D eigenvalue weighted by Crippen LogP contribution is -1.92. The van der Waals surface area contributed by atoms with Crippen LogP contribution >= 0.6 is 0 Å². The van der Waals surface area contributed by atoms with E-state index in [9.17, 15) is 0 Å². The summed E-state index contributed by atoms with van der Waals surface area (Å²) in [6.07, 6.45) is 5.86. The second kappa shape index (κ2) is 5.04. The van der Waals surface area contributed by atoms with Crippen molar-refractivity contribution in [3.8, 4) is 0 Å². The fourth-order valence-electron chi connectivity index (χ4n) is 0.899. The molecule has 0 aromatic heterocycles. The first-order valence-electron chi connectivity index (χ1n) is 3.61. The number of hydrogen-bond donors (Lipinski definition) is 0. The van der Waals surface area contributed by atoms with Crippen LogP contribution in [0.4, 0.5) is 0 Å². The molecule has 0 N–H and O–H groups in total. The van der Waals surface area contributed by atoms with Gasteiger partial charge in [0.25, 0.3) is 0 Å². The van der Waals surface area contributed by atoms with Gasteiger partial charge in [-0.3, -0.25) is 0 Å². The molecule has 0 heteroatoms. The highest BCUT2D eigenvalue weighted by molar-refractivity contribution is 5.11. The Kier molecular flexibility index (Phi) is 4.65. The molecule has 0 aromatic rings. The molecule has 0 saturated heterocycles. The maximum Gasteiger partial charge on any atom is -0.0256 e. The summed E-state index contributed by atoms with van der Waals surface area (Å²) in [6.45, 7) is 13.4. The molecule has 0 nitrogen and oxygen atoms in total. The van der Waals surface area contributed by atoms with Crippen molar-refractivity contribution in [2.75, 3.05) is 0 Å². The molecule has 10 heavy (non-hydrogen) atoms. The first kappa shape index (κ1) is 9.22. The molecular weight excluding hydrogens is 120 g/mol. The molecule has 0 amide bonds. The van der Waals surface area contributed by atoms with Crippen LogP contribution in [0.3, 0.4) is 0 Å². The molecule has 0 saturated carbocycles.